The molecule has 5 heteroatoms. The van der Waals surface area contributed by atoms with Crippen LogP contribution in [0, 0.1) is 9.39 Å². The number of rotatable bonds is 4. The fraction of sp³-hybridized carbons (Fsp3) is 0.308. The van der Waals surface area contributed by atoms with Crippen LogP contribution in [-0.4, -0.2) is 17.6 Å². The number of hydrogen-bond donors (Lipinski definition) is 1. The number of fused-ring (bicyclic) bond motifs is 1. The molecular formula is C13H13FINO2. The standard InChI is InChI=1S/C13H13FINO2/c1-2-18-11(17)6-3-8-7-16-10-5-4-9(15)13(14)12(8)10/h4-5,7,16H,2-3,6H2,1H3. The van der Waals surface area contributed by atoms with Crippen molar-refractivity contribution >= 4 is 39.5 Å². The highest BCUT2D eigenvalue weighted by molar-refractivity contribution is 14.1. The van der Waals surface area contributed by atoms with Crippen molar-refractivity contribution < 1.29 is 13.9 Å². The fourth-order valence-electron chi connectivity index (χ4n) is 1.89. The summed E-state index contributed by atoms with van der Waals surface area (Å²) < 4.78 is 19.5. The Labute approximate surface area is 118 Å². The zero-order valence-corrected chi connectivity index (χ0v) is 12.1. The zero-order valence-electron chi connectivity index (χ0n) is 9.93. The van der Waals surface area contributed by atoms with Crippen molar-refractivity contribution in [3.05, 3.63) is 33.3 Å². The van der Waals surface area contributed by atoms with Crippen LogP contribution in [0.25, 0.3) is 10.9 Å². The molecule has 0 radical (unpaired) electrons. The lowest BCUT2D eigenvalue weighted by molar-refractivity contribution is -0.143. The van der Waals surface area contributed by atoms with E-state index in [0.29, 0.717) is 22.0 Å². The van der Waals surface area contributed by atoms with E-state index in [1.54, 1.807) is 19.2 Å². The molecule has 0 unspecified atom stereocenters. The van der Waals surface area contributed by atoms with Gasteiger partial charge in [-0.2, -0.15) is 0 Å². The molecule has 96 valence electrons. The van der Waals surface area contributed by atoms with E-state index in [-0.39, 0.29) is 18.2 Å². The Kier molecular flexibility index (Phi) is 4.21. The third-order valence-corrected chi connectivity index (χ3v) is 3.55. The second-order valence-corrected chi connectivity index (χ2v) is 5.07. The van der Waals surface area contributed by atoms with Gasteiger partial charge in [0.05, 0.1) is 6.61 Å². The van der Waals surface area contributed by atoms with Gasteiger partial charge in [0, 0.05) is 27.1 Å². The number of carbonyl (C=O) groups is 1. The first-order valence-electron chi connectivity index (χ1n) is 5.73. The molecule has 1 aromatic carbocycles. The molecule has 0 amide bonds. The predicted octanol–water partition coefficient (Wildman–Crippen LogP) is 3.41. The first-order chi connectivity index (χ1) is 8.63. The van der Waals surface area contributed by atoms with Gasteiger partial charge in [-0.25, -0.2) is 4.39 Å². The monoisotopic (exact) mass is 361 g/mol. The number of esters is 1. The minimum atomic E-state index is -0.252. The number of hydrogen-bond acceptors (Lipinski definition) is 2. The molecule has 1 aromatic heterocycles. The van der Waals surface area contributed by atoms with Crippen LogP contribution in [0.15, 0.2) is 18.3 Å². The zero-order chi connectivity index (χ0) is 13.1. The number of aromatic amines is 1. The molecule has 0 spiro atoms. The fourth-order valence-corrected chi connectivity index (χ4v) is 2.34. The molecule has 0 saturated heterocycles. The van der Waals surface area contributed by atoms with E-state index in [2.05, 4.69) is 4.98 Å². The Morgan fingerprint density at radius 1 is 1.50 bits per heavy atom. The minimum absolute atomic E-state index is 0.229. The van der Waals surface area contributed by atoms with E-state index in [9.17, 15) is 9.18 Å². The molecule has 18 heavy (non-hydrogen) atoms. The molecule has 0 saturated carbocycles. The third kappa shape index (κ3) is 2.66. The van der Waals surface area contributed by atoms with Crippen LogP contribution in [0.1, 0.15) is 18.9 Å². The van der Waals surface area contributed by atoms with Gasteiger partial charge in [0.15, 0.2) is 0 Å². The van der Waals surface area contributed by atoms with Crippen molar-refractivity contribution in [2.75, 3.05) is 6.61 Å². The maximum absolute atomic E-state index is 14.0. The molecule has 0 fully saturated rings. The van der Waals surface area contributed by atoms with Crippen LogP contribution in [0.5, 0.6) is 0 Å². The van der Waals surface area contributed by atoms with Crippen LogP contribution in [0.3, 0.4) is 0 Å². The maximum Gasteiger partial charge on any atom is 0.306 e. The molecule has 0 aliphatic heterocycles. The normalized spacial score (nSPS) is 10.8. The summed E-state index contributed by atoms with van der Waals surface area (Å²) in [5, 5.41) is 0.575. The molecular weight excluding hydrogens is 348 g/mol. The minimum Gasteiger partial charge on any atom is -0.466 e. The summed E-state index contributed by atoms with van der Waals surface area (Å²) in [6.07, 6.45) is 2.50. The van der Waals surface area contributed by atoms with Gasteiger partial charge < -0.3 is 9.72 Å². The number of nitrogens with one attached hydrogen (secondary N) is 1. The SMILES string of the molecule is CCOC(=O)CCc1c[nH]c2ccc(I)c(F)c12. The molecule has 0 aliphatic rings. The van der Waals surface area contributed by atoms with Gasteiger partial charge in [-0.15, -0.1) is 0 Å². The second-order valence-electron chi connectivity index (χ2n) is 3.90. The summed E-state index contributed by atoms with van der Waals surface area (Å²) in [5.74, 6) is -0.480. The number of H-pyrrole nitrogens is 1. The molecule has 0 aliphatic carbocycles. The van der Waals surface area contributed by atoms with Crippen LogP contribution < -0.4 is 0 Å². The Hall–Kier alpha value is -1.11. The lowest BCUT2D eigenvalue weighted by Gasteiger charge is -2.02. The van der Waals surface area contributed by atoms with Crippen molar-refractivity contribution in [1.82, 2.24) is 4.98 Å². The average Bonchev–Trinajstić information content (AvgIpc) is 2.75. The van der Waals surface area contributed by atoms with Crippen molar-refractivity contribution in [2.45, 2.75) is 19.8 Å². The molecule has 3 nitrogen and oxygen atoms in total. The number of ether oxygens (including phenoxy) is 1. The Morgan fingerprint density at radius 3 is 3.00 bits per heavy atom. The molecule has 2 aromatic rings. The first kappa shape index (κ1) is 13.3. The van der Waals surface area contributed by atoms with Crippen LogP contribution in [-0.2, 0) is 16.0 Å². The molecule has 0 atom stereocenters. The van der Waals surface area contributed by atoms with Gasteiger partial charge >= 0.3 is 5.97 Å². The van der Waals surface area contributed by atoms with E-state index in [1.165, 1.54) is 0 Å². The third-order valence-electron chi connectivity index (χ3n) is 2.72. The van der Waals surface area contributed by atoms with E-state index in [4.69, 9.17) is 4.74 Å². The number of benzene rings is 1. The highest BCUT2D eigenvalue weighted by atomic mass is 127. The summed E-state index contributed by atoms with van der Waals surface area (Å²) in [4.78, 5) is 14.3. The summed E-state index contributed by atoms with van der Waals surface area (Å²) >= 11 is 1.96. The van der Waals surface area contributed by atoms with E-state index >= 15 is 0 Å². The van der Waals surface area contributed by atoms with Crippen LogP contribution in [0.4, 0.5) is 4.39 Å². The quantitative estimate of drug-likeness (QED) is 0.670. The number of aryl methyl sites for hydroxylation is 1. The van der Waals surface area contributed by atoms with Crippen molar-refractivity contribution in [3.63, 3.8) is 0 Å². The van der Waals surface area contributed by atoms with E-state index in [0.717, 1.165) is 11.1 Å². The van der Waals surface area contributed by atoms with Crippen molar-refractivity contribution in [3.8, 4) is 0 Å². The van der Waals surface area contributed by atoms with Gasteiger partial charge in [-0.3, -0.25) is 4.79 Å². The lowest BCUT2D eigenvalue weighted by Crippen LogP contribution is -2.05. The summed E-state index contributed by atoms with van der Waals surface area (Å²) in [6.45, 7) is 2.14. The molecule has 0 bridgehead atoms. The molecule has 1 heterocycles. The summed E-state index contributed by atoms with van der Waals surface area (Å²) in [7, 11) is 0. The smallest absolute Gasteiger partial charge is 0.306 e. The topological polar surface area (TPSA) is 42.1 Å². The highest BCUT2D eigenvalue weighted by Crippen LogP contribution is 2.26. The predicted molar refractivity (Wildman–Crippen MR) is 75.9 cm³/mol. The summed E-state index contributed by atoms with van der Waals surface area (Å²) in [6, 6.07) is 3.57. The average molecular weight is 361 g/mol. The first-order valence-corrected chi connectivity index (χ1v) is 6.81. The van der Waals surface area contributed by atoms with E-state index in [1.807, 2.05) is 28.7 Å². The van der Waals surface area contributed by atoms with E-state index < -0.39 is 0 Å². The lowest BCUT2D eigenvalue weighted by atomic mass is 10.1. The van der Waals surface area contributed by atoms with Crippen molar-refractivity contribution in [2.24, 2.45) is 0 Å². The number of carbonyl (C=O) groups excluding carboxylic acids is 1. The van der Waals surface area contributed by atoms with Crippen molar-refractivity contribution in [1.29, 1.82) is 0 Å². The van der Waals surface area contributed by atoms with Crippen LogP contribution >= 0.6 is 22.6 Å². The number of aromatic nitrogens is 1. The number of halogens is 2. The Bertz CT molecular complexity index is 580. The summed E-state index contributed by atoms with van der Waals surface area (Å²) in [5.41, 5.74) is 1.57. The highest BCUT2D eigenvalue weighted by Gasteiger charge is 2.13. The largest absolute Gasteiger partial charge is 0.466 e. The maximum atomic E-state index is 14.0. The molecule has 2 rings (SSSR count). The Morgan fingerprint density at radius 2 is 2.28 bits per heavy atom. The van der Waals surface area contributed by atoms with Gasteiger partial charge in [-0.1, -0.05) is 0 Å². The van der Waals surface area contributed by atoms with Crippen LogP contribution in [0.2, 0.25) is 0 Å². The van der Waals surface area contributed by atoms with Gasteiger partial charge in [-0.05, 0) is 53.6 Å². The van der Waals surface area contributed by atoms with Gasteiger partial charge in [0.1, 0.15) is 5.82 Å². The van der Waals surface area contributed by atoms with Gasteiger partial charge in [0.25, 0.3) is 0 Å². The Balaban J connectivity index is 2.24. The second kappa shape index (κ2) is 5.69. The van der Waals surface area contributed by atoms with Gasteiger partial charge in [0.2, 0.25) is 0 Å². The molecule has 1 N–H and O–H groups in total.